The molecule has 2 heterocycles. The summed E-state index contributed by atoms with van der Waals surface area (Å²) >= 11 is 6.55. The van der Waals surface area contributed by atoms with E-state index in [4.69, 9.17) is 26.3 Å². The number of fused-ring (bicyclic) bond motifs is 1. The van der Waals surface area contributed by atoms with Gasteiger partial charge in [0.05, 0.1) is 47.0 Å². The molecule has 0 amide bonds. The summed E-state index contributed by atoms with van der Waals surface area (Å²) in [6.45, 7) is -0.0132. The fourth-order valence-electron chi connectivity index (χ4n) is 4.18. The third-order valence-corrected chi connectivity index (χ3v) is 6.35. The Morgan fingerprint density at radius 2 is 1.89 bits per heavy atom. The number of aliphatic hydroxyl groups is 2. The van der Waals surface area contributed by atoms with Crippen LogP contribution in [0, 0.1) is 17.1 Å². The summed E-state index contributed by atoms with van der Waals surface area (Å²) < 4.78 is 25.7. The second kappa shape index (κ2) is 9.64. The van der Waals surface area contributed by atoms with Crippen LogP contribution >= 0.6 is 11.6 Å². The number of imidazole rings is 1. The molecule has 4 aromatic rings. The van der Waals surface area contributed by atoms with Gasteiger partial charge in [-0.05, 0) is 35.4 Å². The molecular weight excluding hydrogens is 473 g/mol. The van der Waals surface area contributed by atoms with Gasteiger partial charge >= 0.3 is 0 Å². The standard InChI is InChI=1S/C26H21ClFN3O4/c27-20-10-23-22(30-26(31-23)35-17-8-24(33)25(12-32)34-13-17)9-19(20)16-4-2-15(3-5-16)18-6-1-14(11-29)7-21(18)28/h1-7,9-10,17,24-25,32-33H,8,12-13H2,(H,30,31). The number of hydrogen-bond donors (Lipinski definition) is 3. The molecule has 0 saturated carbocycles. The Morgan fingerprint density at radius 1 is 1.14 bits per heavy atom. The molecule has 0 aliphatic carbocycles. The lowest BCUT2D eigenvalue weighted by molar-refractivity contribution is -0.131. The Morgan fingerprint density at radius 3 is 2.54 bits per heavy atom. The van der Waals surface area contributed by atoms with Crippen LogP contribution in [0.15, 0.2) is 54.6 Å². The molecule has 9 heteroatoms. The minimum absolute atomic E-state index is 0.234. The van der Waals surface area contributed by atoms with Gasteiger partial charge in [0.1, 0.15) is 18.0 Å². The predicted molar refractivity (Wildman–Crippen MR) is 129 cm³/mol. The van der Waals surface area contributed by atoms with Crippen molar-refractivity contribution >= 4 is 22.6 Å². The number of benzene rings is 3. The summed E-state index contributed by atoms with van der Waals surface area (Å²) in [6, 6.07) is 17.5. The number of aromatic amines is 1. The van der Waals surface area contributed by atoms with E-state index < -0.39 is 24.1 Å². The highest BCUT2D eigenvalue weighted by Crippen LogP contribution is 2.34. The molecule has 0 radical (unpaired) electrons. The lowest BCUT2D eigenvalue weighted by Crippen LogP contribution is -2.45. The van der Waals surface area contributed by atoms with Crippen LogP contribution < -0.4 is 4.74 Å². The first-order chi connectivity index (χ1) is 16.9. The largest absolute Gasteiger partial charge is 0.459 e. The molecule has 1 aliphatic rings. The van der Waals surface area contributed by atoms with Crippen molar-refractivity contribution in [3.05, 3.63) is 71.0 Å². The van der Waals surface area contributed by atoms with E-state index in [1.165, 1.54) is 6.07 Å². The highest BCUT2D eigenvalue weighted by molar-refractivity contribution is 6.34. The first kappa shape index (κ1) is 23.3. The number of rotatable bonds is 5. The predicted octanol–water partition coefficient (Wildman–Crippen LogP) is 4.45. The number of hydrogen-bond acceptors (Lipinski definition) is 6. The van der Waals surface area contributed by atoms with Gasteiger partial charge in [0.2, 0.25) is 0 Å². The SMILES string of the molecule is N#Cc1ccc(-c2ccc(-c3cc4nc(OC5COC(CO)C(O)C5)[nH]c4cc3Cl)cc2)c(F)c1. The van der Waals surface area contributed by atoms with E-state index in [0.717, 1.165) is 11.1 Å². The Hall–Kier alpha value is -3.48. The molecule has 0 bridgehead atoms. The molecule has 3 aromatic carbocycles. The van der Waals surface area contributed by atoms with E-state index in [-0.39, 0.29) is 24.8 Å². The zero-order valence-electron chi connectivity index (χ0n) is 18.4. The number of aromatic nitrogens is 2. The smallest absolute Gasteiger partial charge is 0.294 e. The Bertz CT molecular complexity index is 1420. The van der Waals surface area contributed by atoms with Crippen molar-refractivity contribution in [2.75, 3.05) is 13.2 Å². The van der Waals surface area contributed by atoms with Crippen molar-refractivity contribution in [3.63, 3.8) is 0 Å². The molecule has 5 rings (SSSR count). The van der Waals surface area contributed by atoms with Gasteiger partial charge in [0, 0.05) is 17.5 Å². The molecule has 1 aliphatic heterocycles. The zero-order chi connectivity index (χ0) is 24.5. The average molecular weight is 494 g/mol. The van der Waals surface area contributed by atoms with Gasteiger partial charge in [-0.1, -0.05) is 41.9 Å². The normalized spacial score (nSPS) is 20.0. The number of halogens is 2. The van der Waals surface area contributed by atoms with Crippen molar-refractivity contribution < 1.29 is 24.1 Å². The Labute approximate surface area is 205 Å². The maximum Gasteiger partial charge on any atom is 0.294 e. The number of nitrogens with one attached hydrogen (secondary N) is 1. The zero-order valence-corrected chi connectivity index (χ0v) is 19.2. The van der Waals surface area contributed by atoms with Crippen molar-refractivity contribution in [2.45, 2.75) is 24.7 Å². The molecular formula is C26H21ClFN3O4. The Balaban J connectivity index is 1.37. The van der Waals surface area contributed by atoms with Crippen LogP contribution in [0.2, 0.25) is 5.02 Å². The number of H-pyrrole nitrogens is 1. The van der Waals surface area contributed by atoms with Gasteiger partial charge < -0.3 is 24.7 Å². The minimum Gasteiger partial charge on any atom is -0.459 e. The molecule has 1 saturated heterocycles. The average Bonchev–Trinajstić information content (AvgIpc) is 3.24. The molecule has 35 heavy (non-hydrogen) atoms. The quantitative estimate of drug-likeness (QED) is 0.379. The van der Waals surface area contributed by atoms with E-state index in [1.807, 2.05) is 24.3 Å². The summed E-state index contributed by atoms with van der Waals surface area (Å²) in [5.41, 5.74) is 4.29. The van der Waals surface area contributed by atoms with E-state index in [2.05, 4.69) is 9.97 Å². The van der Waals surface area contributed by atoms with Crippen molar-refractivity contribution in [1.29, 1.82) is 5.26 Å². The second-order valence-corrected chi connectivity index (χ2v) is 8.78. The van der Waals surface area contributed by atoms with Crippen LogP contribution in [0.1, 0.15) is 12.0 Å². The molecule has 178 valence electrons. The molecule has 7 nitrogen and oxygen atoms in total. The Kier molecular flexibility index (Phi) is 6.41. The van der Waals surface area contributed by atoms with Crippen LogP contribution in [-0.4, -0.2) is 51.7 Å². The minimum atomic E-state index is -0.815. The monoisotopic (exact) mass is 493 g/mol. The summed E-state index contributed by atoms with van der Waals surface area (Å²) in [7, 11) is 0. The summed E-state index contributed by atoms with van der Waals surface area (Å²) in [5.74, 6) is -0.455. The van der Waals surface area contributed by atoms with Crippen LogP contribution in [0.5, 0.6) is 6.01 Å². The maximum absolute atomic E-state index is 14.4. The summed E-state index contributed by atoms with van der Waals surface area (Å²) in [4.78, 5) is 7.57. The molecule has 1 fully saturated rings. The van der Waals surface area contributed by atoms with Crippen LogP contribution in [0.4, 0.5) is 4.39 Å². The fourth-order valence-corrected chi connectivity index (χ4v) is 4.45. The molecule has 3 N–H and O–H groups in total. The van der Waals surface area contributed by atoms with Gasteiger partial charge in [-0.3, -0.25) is 0 Å². The van der Waals surface area contributed by atoms with Crippen LogP contribution in [-0.2, 0) is 4.74 Å². The van der Waals surface area contributed by atoms with Gasteiger partial charge in [-0.2, -0.15) is 10.2 Å². The fraction of sp³-hybridized carbons (Fsp3) is 0.231. The van der Waals surface area contributed by atoms with Gasteiger partial charge in [-0.25, -0.2) is 4.39 Å². The highest BCUT2D eigenvalue weighted by atomic mass is 35.5. The van der Waals surface area contributed by atoms with Crippen molar-refractivity contribution in [2.24, 2.45) is 0 Å². The van der Waals surface area contributed by atoms with E-state index in [0.29, 0.717) is 33.6 Å². The van der Waals surface area contributed by atoms with Crippen LogP contribution in [0.25, 0.3) is 33.3 Å². The molecule has 1 aromatic heterocycles. The summed E-state index contributed by atoms with van der Waals surface area (Å²) in [6.07, 6.45) is -1.50. The van der Waals surface area contributed by atoms with Crippen LogP contribution in [0.3, 0.4) is 0 Å². The topological polar surface area (TPSA) is 111 Å². The van der Waals surface area contributed by atoms with Crippen molar-refractivity contribution in [3.8, 4) is 34.3 Å². The lowest BCUT2D eigenvalue weighted by Gasteiger charge is -2.31. The first-order valence-corrected chi connectivity index (χ1v) is 11.4. The highest BCUT2D eigenvalue weighted by Gasteiger charge is 2.31. The van der Waals surface area contributed by atoms with Gasteiger partial charge in [0.15, 0.2) is 0 Å². The number of nitriles is 1. The van der Waals surface area contributed by atoms with E-state index in [9.17, 15) is 14.6 Å². The molecule has 3 atom stereocenters. The third-order valence-electron chi connectivity index (χ3n) is 6.04. The van der Waals surface area contributed by atoms with E-state index >= 15 is 0 Å². The van der Waals surface area contributed by atoms with Crippen molar-refractivity contribution in [1.82, 2.24) is 9.97 Å². The molecule has 0 spiro atoms. The lowest BCUT2D eigenvalue weighted by atomic mass is 9.99. The second-order valence-electron chi connectivity index (χ2n) is 8.37. The van der Waals surface area contributed by atoms with E-state index in [1.54, 1.807) is 30.3 Å². The van der Waals surface area contributed by atoms with Gasteiger partial charge in [0.25, 0.3) is 6.01 Å². The molecule has 3 unspecified atom stereocenters. The summed E-state index contributed by atoms with van der Waals surface area (Å²) in [5, 5.41) is 28.7. The van der Waals surface area contributed by atoms with Gasteiger partial charge in [-0.15, -0.1) is 0 Å². The third kappa shape index (κ3) is 4.72. The maximum atomic E-state index is 14.4. The number of nitrogens with zero attached hydrogens (tertiary/aromatic N) is 2. The number of aliphatic hydroxyl groups excluding tert-OH is 2. The number of ether oxygens (including phenoxy) is 2. The first-order valence-electron chi connectivity index (χ1n) is 11.0.